The van der Waals surface area contributed by atoms with Crippen molar-refractivity contribution in [1.82, 2.24) is 10.2 Å². The second-order valence-electron chi connectivity index (χ2n) is 5.54. The van der Waals surface area contributed by atoms with Crippen molar-refractivity contribution in [3.63, 3.8) is 0 Å². The van der Waals surface area contributed by atoms with Crippen molar-refractivity contribution >= 4 is 23.8 Å². The largest absolute Gasteiger partial charge is 0.385 e. The number of benzene rings is 1. The molecule has 1 aliphatic rings. The number of ether oxygens (including phenoxy) is 1. The van der Waals surface area contributed by atoms with Gasteiger partial charge in [-0.2, -0.15) is 0 Å². The van der Waals surface area contributed by atoms with Gasteiger partial charge in [0, 0.05) is 27.3 Å². The van der Waals surface area contributed by atoms with Gasteiger partial charge in [0.1, 0.15) is 5.92 Å². The number of carbonyl (C=O) groups excluding carboxylic acids is 3. The molecule has 1 N–H and O–H groups in total. The third kappa shape index (κ3) is 4.48. The molecule has 1 aromatic rings. The summed E-state index contributed by atoms with van der Waals surface area (Å²) in [6, 6.07) is 7.13. The van der Waals surface area contributed by atoms with E-state index in [9.17, 15) is 14.4 Å². The molecule has 1 unspecified atom stereocenters. The summed E-state index contributed by atoms with van der Waals surface area (Å²) in [6.07, 6.45) is 2.30. The zero-order valence-corrected chi connectivity index (χ0v) is 13.8. The van der Waals surface area contributed by atoms with Gasteiger partial charge in [-0.3, -0.25) is 14.4 Å². The van der Waals surface area contributed by atoms with Crippen LogP contribution in [0.2, 0.25) is 0 Å². The number of methoxy groups -OCH3 is 1. The molecule has 1 atom stereocenters. The third-order valence-electron chi connectivity index (χ3n) is 3.65. The SMILES string of the molecule is COCCCNC(=O)CN(C)C(=O)C1C=c2ccccc2=NC1=O. The third-order valence-corrected chi connectivity index (χ3v) is 3.65. The Hall–Kier alpha value is -2.54. The minimum Gasteiger partial charge on any atom is -0.385 e. The van der Waals surface area contributed by atoms with Crippen molar-refractivity contribution in [1.29, 1.82) is 0 Å². The van der Waals surface area contributed by atoms with Gasteiger partial charge in [0.25, 0.3) is 5.91 Å². The maximum absolute atomic E-state index is 12.4. The smallest absolute Gasteiger partial charge is 0.262 e. The maximum Gasteiger partial charge on any atom is 0.262 e. The van der Waals surface area contributed by atoms with Crippen molar-refractivity contribution in [2.45, 2.75) is 6.42 Å². The number of hydrogen-bond acceptors (Lipinski definition) is 4. The monoisotopic (exact) mass is 331 g/mol. The molecule has 7 nitrogen and oxygen atoms in total. The molecule has 1 heterocycles. The van der Waals surface area contributed by atoms with Crippen molar-refractivity contribution in [2.75, 3.05) is 33.9 Å². The number of nitrogens with one attached hydrogen (secondary N) is 1. The normalized spacial score (nSPS) is 15.8. The van der Waals surface area contributed by atoms with E-state index in [2.05, 4.69) is 10.3 Å². The minimum absolute atomic E-state index is 0.106. The molecule has 1 aliphatic heterocycles. The Kier molecular flexibility index (Phi) is 6.20. The Morgan fingerprint density at radius 2 is 2.08 bits per heavy atom. The lowest BCUT2D eigenvalue weighted by molar-refractivity contribution is -0.140. The molecule has 7 heteroatoms. The fraction of sp³-hybridized carbons (Fsp3) is 0.412. The molecular formula is C17H21N3O4. The van der Waals surface area contributed by atoms with Crippen LogP contribution >= 0.6 is 0 Å². The lowest BCUT2D eigenvalue weighted by Gasteiger charge is -2.20. The first-order chi connectivity index (χ1) is 11.5. The molecule has 2 rings (SSSR count). The summed E-state index contributed by atoms with van der Waals surface area (Å²) in [5.41, 5.74) is 0. The first kappa shape index (κ1) is 17.8. The van der Waals surface area contributed by atoms with Gasteiger partial charge in [-0.15, -0.1) is 0 Å². The minimum atomic E-state index is -0.980. The molecule has 0 bridgehead atoms. The number of fused-ring (bicyclic) bond motifs is 1. The highest BCUT2D eigenvalue weighted by molar-refractivity contribution is 6.07. The van der Waals surface area contributed by atoms with Crippen molar-refractivity contribution in [3.8, 4) is 0 Å². The number of rotatable bonds is 7. The van der Waals surface area contributed by atoms with Gasteiger partial charge in [-0.05, 0) is 17.7 Å². The van der Waals surface area contributed by atoms with Crippen LogP contribution in [0.25, 0.3) is 6.08 Å². The first-order valence-electron chi connectivity index (χ1n) is 7.73. The van der Waals surface area contributed by atoms with Gasteiger partial charge in [0.2, 0.25) is 11.8 Å². The summed E-state index contributed by atoms with van der Waals surface area (Å²) >= 11 is 0. The number of para-hydroxylation sites is 1. The van der Waals surface area contributed by atoms with Crippen molar-refractivity contribution in [2.24, 2.45) is 10.9 Å². The molecule has 128 valence electrons. The number of hydrogen-bond donors (Lipinski definition) is 1. The van der Waals surface area contributed by atoms with Crippen molar-refractivity contribution < 1.29 is 19.1 Å². The molecule has 0 spiro atoms. The lowest BCUT2D eigenvalue weighted by atomic mass is 10.0. The van der Waals surface area contributed by atoms with E-state index >= 15 is 0 Å². The summed E-state index contributed by atoms with van der Waals surface area (Å²) in [5, 5.41) is 4.01. The predicted octanol–water partition coefficient (Wildman–Crippen LogP) is -1.15. The molecule has 0 aromatic heterocycles. The number of likely N-dealkylation sites (N-methyl/N-ethyl adjacent to an activating group) is 1. The molecule has 24 heavy (non-hydrogen) atoms. The van der Waals surface area contributed by atoms with Crippen LogP contribution in [0, 0.1) is 5.92 Å². The van der Waals surface area contributed by atoms with Gasteiger partial charge in [-0.1, -0.05) is 24.3 Å². The van der Waals surface area contributed by atoms with Gasteiger partial charge < -0.3 is 15.0 Å². The standard InChI is InChI=1S/C17H21N3O4/c1-20(11-15(21)18-8-5-9-24-2)17(23)13-10-12-6-3-4-7-14(12)19-16(13)22/h3-4,6-7,10,13H,5,8-9,11H2,1-2H3,(H,18,21). The van der Waals surface area contributed by atoms with Gasteiger partial charge in [-0.25, -0.2) is 4.99 Å². The van der Waals surface area contributed by atoms with Crippen LogP contribution in [0.4, 0.5) is 0 Å². The second kappa shape index (κ2) is 8.35. The zero-order chi connectivity index (χ0) is 17.5. The molecule has 0 fully saturated rings. The van der Waals surface area contributed by atoms with E-state index in [0.29, 0.717) is 24.9 Å². The van der Waals surface area contributed by atoms with Gasteiger partial charge >= 0.3 is 0 Å². The highest BCUT2D eigenvalue weighted by Crippen LogP contribution is 2.08. The van der Waals surface area contributed by atoms with Crippen LogP contribution in [-0.4, -0.2) is 56.5 Å². The average molecular weight is 331 g/mol. The van der Waals surface area contributed by atoms with Crippen LogP contribution in [0.1, 0.15) is 6.42 Å². The number of nitrogens with zero attached hydrogens (tertiary/aromatic N) is 2. The topological polar surface area (TPSA) is 88.1 Å². The van der Waals surface area contributed by atoms with E-state index in [1.807, 2.05) is 6.07 Å². The first-order valence-corrected chi connectivity index (χ1v) is 7.73. The summed E-state index contributed by atoms with van der Waals surface area (Å²) in [4.78, 5) is 41.5. The molecule has 0 radical (unpaired) electrons. The fourth-order valence-electron chi connectivity index (χ4n) is 2.38. The van der Waals surface area contributed by atoms with Gasteiger partial charge in [0.05, 0.1) is 11.9 Å². The van der Waals surface area contributed by atoms with Crippen LogP contribution in [0.15, 0.2) is 29.3 Å². The van der Waals surface area contributed by atoms with E-state index in [1.54, 1.807) is 31.4 Å². The molecule has 3 amide bonds. The fourth-order valence-corrected chi connectivity index (χ4v) is 2.38. The average Bonchev–Trinajstić information content (AvgIpc) is 2.57. The van der Waals surface area contributed by atoms with Crippen LogP contribution in [0.5, 0.6) is 0 Å². The summed E-state index contributed by atoms with van der Waals surface area (Å²) < 4.78 is 4.89. The van der Waals surface area contributed by atoms with Crippen molar-refractivity contribution in [3.05, 3.63) is 34.8 Å². The van der Waals surface area contributed by atoms with E-state index in [-0.39, 0.29) is 12.5 Å². The second-order valence-corrected chi connectivity index (χ2v) is 5.54. The molecule has 1 aromatic carbocycles. The van der Waals surface area contributed by atoms with Gasteiger partial charge in [0.15, 0.2) is 0 Å². The zero-order valence-electron chi connectivity index (χ0n) is 13.8. The van der Waals surface area contributed by atoms with Crippen LogP contribution in [-0.2, 0) is 19.1 Å². The Labute approximate surface area is 140 Å². The highest BCUT2D eigenvalue weighted by Gasteiger charge is 2.29. The summed E-state index contributed by atoms with van der Waals surface area (Å²) in [6.45, 7) is 0.929. The molecule has 0 saturated carbocycles. The Morgan fingerprint density at radius 1 is 1.33 bits per heavy atom. The molecule has 0 saturated heterocycles. The maximum atomic E-state index is 12.4. The lowest BCUT2D eigenvalue weighted by Crippen LogP contribution is -2.45. The Morgan fingerprint density at radius 3 is 2.83 bits per heavy atom. The highest BCUT2D eigenvalue weighted by atomic mass is 16.5. The van der Waals surface area contributed by atoms with E-state index < -0.39 is 17.7 Å². The molecular weight excluding hydrogens is 310 g/mol. The van der Waals surface area contributed by atoms with E-state index in [0.717, 1.165) is 5.22 Å². The molecule has 0 aliphatic carbocycles. The summed E-state index contributed by atoms with van der Waals surface area (Å²) in [5.74, 6) is -2.20. The van der Waals surface area contributed by atoms with E-state index in [4.69, 9.17) is 4.74 Å². The predicted molar refractivity (Wildman–Crippen MR) is 87.3 cm³/mol. The Bertz CT molecular complexity index is 744. The van der Waals surface area contributed by atoms with E-state index in [1.165, 1.54) is 11.9 Å². The number of carbonyl (C=O) groups is 3. The van der Waals surface area contributed by atoms with Crippen LogP contribution in [0.3, 0.4) is 0 Å². The summed E-state index contributed by atoms with van der Waals surface area (Å²) in [7, 11) is 3.09. The Balaban J connectivity index is 1.97. The number of amides is 3. The quantitative estimate of drug-likeness (QED) is 0.505. The van der Waals surface area contributed by atoms with Crippen LogP contribution < -0.4 is 15.9 Å².